The van der Waals surface area contributed by atoms with E-state index in [9.17, 15) is 0 Å². The lowest BCUT2D eigenvalue weighted by atomic mass is 10.0. The van der Waals surface area contributed by atoms with Crippen LogP contribution in [0.3, 0.4) is 0 Å². The summed E-state index contributed by atoms with van der Waals surface area (Å²) in [6.45, 7) is 0.748. The third kappa shape index (κ3) is 3.47. The van der Waals surface area contributed by atoms with Crippen molar-refractivity contribution in [1.29, 1.82) is 0 Å². The summed E-state index contributed by atoms with van der Waals surface area (Å²) in [5, 5.41) is 3.15. The van der Waals surface area contributed by atoms with E-state index in [0.29, 0.717) is 0 Å². The zero-order valence-electron chi connectivity index (χ0n) is 12.9. The van der Waals surface area contributed by atoms with Crippen LogP contribution in [0.1, 0.15) is 5.56 Å². The van der Waals surface area contributed by atoms with Crippen molar-refractivity contribution in [1.82, 2.24) is 5.32 Å². The minimum absolute atomic E-state index is 0.748. The normalized spacial score (nSPS) is 10.3. The van der Waals surface area contributed by atoms with Crippen LogP contribution in [0.5, 0.6) is 17.2 Å². The molecule has 0 saturated heterocycles. The number of methoxy groups -OCH3 is 3. The van der Waals surface area contributed by atoms with Crippen LogP contribution in [0, 0.1) is 0 Å². The molecule has 0 fully saturated rings. The molecule has 0 aliphatic heterocycles. The molecule has 21 heavy (non-hydrogen) atoms. The molecule has 0 aliphatic carbocycles. The maximum Gasteiger partial charge on any atom is 0.123 e. The summed E-state index contributed by atoms with van der Waals surface area (Å²) >= 11 is 0. The van der Waals surface area contributed by atoms with Crippen molar-refractivity contribution in [3.8, 4) is 28.4 Å². The molecular weight excluding hydrogens is 266 g/mol. The molecule has 0 aromatic heterocycles. The quantitative estimate of drug-likeness (QED) is 0.886. The van der Waals surface area contributed by atoms with Crippen LogP contribution < -0.4 is 19.5 Å². The number of rotatable bonds is 6. The fourth-order valence-corrected chi connectivity index (χ4v) is 2.26. The van der Waals surface area contributed by atoms with E-state index >= 15 is 0 Å². The van der Waals surface area contributed by atoms with Gasteiger partial charge in [-0.1, -0.05) is 6.07 Å². The van der Waals surface area contributed by atoms with Gasteiger partial charge < -0.3 is 19.5 Å². The van der Waals surface area contributed by atoms with Gasteiger partial charge in [0.2, 0.25) is 0 Å². The highest BCUT2D eigenvalue weighted by Crippen LogP contribution is 2.32. The predicted molar refractivity (Wildman–Crippen MR) is 84.3 cm³/mol. The molecule has 0 spiro atoms. The van der Waals surface area contributed by atoms with Crippen LogP contribution in [-0.2, 0) is 6.54 Å². The minimum Gasteiger partial charge on any atom is -0.497 e. The third-order valence-electron chi connectivity index (χ3n) is 3.33. The van der Waals surface area contributed by atoms with Crippen molar-refractivity contribution in [2.24, 2.45) is 0 Å². The first-order chi connectivity index (χ1) is 10.2. The van der Waals surface area contributed by atoms with Gasteiger partial charge in [0.25, 0.3) is 0 Å². The standard InChI is InChI=1S/C17H21NO3/c1-18-11-14-7-12(5-6-17(14)21-4)13-8-15(19-2)10-16(9-13)20-3/h5-10,18H,11H2,1-4H3. The van der Waals surface area contributed by atoms with Gasteiger partial charge in [0.1, 0.15) is 17.2 Å². The molecule has 0 radical (unpaired) electrons. The summed E-state index contributed by atoms with van der Waals surface area (Å²) < 4.78 is 16.0. The molecule has 2 aromatic carbocycles. The van der Waals surface area contributed by atoms with Crippen molar-refractivity contribution >= 4 is 0 Å². The summed E-state index contributed by atoms with van der Waals surface area (Å²) in [7, 11) is 6.90. The Morgan fingerprint density at radius 3 is 2.00 bits per heavy atom. The van der Waals surface area contributed by atoms with Gasteiger partial charge in [-0.3, -0.25) is 0 Å². The largest absolute Gasteiger partial charge is 0.497 e. The second kappa shape index (κ2) is 6.99. The lowest BCUT2D eigenvalue weighted by Gasteiger charge is -2.12. The molecule has 112 valence electrons. The van der Waals surface area contributed by atoms with Crippen molar-refractivity contribution in [2.75, 3.05) is 28.4 Å². The third-order valence-corrected chi connectivity index (χ3v) is 3.33. The number of hydrogen-bond donors (Lipinski definition) is 1. The topological polar surface area (TPSA) is 39.7 Å². The summed E-state index contributed by atoms with van der Waals surface area (Å²) in [6, 6.07) is 12.0. The van der Waals surface area contributed by atoms with Crippen LogP contribution in [0.25, 0.3) is 11.1 Å². The molecule has 0 bridgehead atoms. The summed E-state index contributed by atoms with van der Waals surface area (Å²) in [6.07, 6.45) is 0. The average Bonchev–Trinajstić information content (AvgIpc) is 2.54. The van der Waals surface area contributed by atoms with E-state index in [4.69, 9.17) is 14.2 Å². The Balaban J connectivity index is 2.48. The van der Waals surface area contributed by atoms with Crippen LogP contribution in [-0.4, -0.2) is 28.4 Å². The minimum atomic E-state index is 0.748. The van der Waals surface area contributed by atoms with Crippen molar-refractivity contribution < 1.29 is 14.2 Å². The highest BCUT2D eigenvalue weighted by molar-refractivity contribution is 5.69. The average molecular weight is 287 g/mol. The summed E-state index contributed by atoms with van der Waals surface area (Å²) in [5.41, 5.74) is 3.25. The molecule has 1 N–H and O–H groups in total. The molecule has 0 atom stereocenters. The maximum atomic E-state index is 5.39. The number of ether oxygens (including phenoxy) is 3. The maximum absolute atomic E-state index is 5.39. The fraction of sp³-hybridized carbons (Fsp3) is 0.294. The molecule has 0 saturated carbocycles. The Labute approximate surface area is 125 Å². The second-order valence-corrected chi connectivity index (χ2v) is 4.66. The zero-order valence-corrected chi connectivity index (χ0v) is 12.9. The highest BCUT2D eigenvalue weighted by atomic mass is 16.5. The fourth-order valence-electron chi connectivity index (χ4n) is 2.26. The lowest BCUT2D eigenvalue weighted by molar-refractivity contribution is 0.394. The number of hydrogen-bond acceptors (Lipinski definition) is 4. The molecule has 4 heteroatoms. The van der Waals surface area contributed by atoms with Crippen molar-refractivity contribution in [3.63, 3.8) is 0 Å². The number of benzene rings is 2. The van der Waals surface area contributed by atoms with Crippen LogP contribution in [0.15, 0.2) is 36.4 Å². The molecule has 2 rings (SSSR count). The Kier molecular flexibility index (Phi) is 5.06. The molecule has 0 heterocycles. The zero-order chi connectivity index (χ0) is 15.2. The molecular formula is C17H21NO3. The first kappa shape index (κ1) is 15.2. The SMILES string of the molecule is CNCc1cc(-c2cc(OC)cc(OC)c2)ccc1OC. The van der Waals surface area contributed by atoms with Gasteiger partial charge in [-0.25, -0.2) is 0 Å². The first-order valence-corrected chi connectivity index (χ1v) is 6.76. The van der Waals surface area contributed by atoms with Crippen LogP contribution in [0.2, 0.25) is 0 Å². The van der Waals surface area contributed by atoms with Gasteiger partial charge in [0.15, 0.2) is 0 Å². The van der Waals surface area contributed by atoms with Gasteiger partial charge in [-0.05, 0) is 42.4 Å². The molecule has 0 unspecified atom stereocenters. The smallest absolute Gasteiger partial charge is 0.123 e. The predicted octanol–water partition coefficient (Wildman–Crippen LogP) is 3.10. The Bertz CT molecular complexity index is 589. The van der Waals surface area contributed by atoms with E-state index in [2.05, 4.69) is 11.4 Å². The van der Waals surface area contributed by atoms with E-state index in [-0.39, 0.29) is 0 Å². The van der Waals surface area contributed by atoms with E-state index in [1.807, 2.05) is 37.4 Å². The molecule has 0 amide bonds. The lowest BCUT2D eigenvalue weighted by Crippen LogP contribution is -2.06. The van der Waals surface area contributed by atoms with Gasteiger partial charge in [-0.15, -0.1) is 0 Å². The Morgan fingerprint density at radius 1 is 0.810 bits per heavy atom. The van der Waals surface area contributed by atoms with Crippen LogP contribution in [0.4, 0.5) is 0 Å². The second-order valence-electron chi connectivity index (χ2n) is 4.66. The van der Waals surface area contributed by atoms with Crippen LogP contribution >= 0.6 is 0 Å². The van der Waals surface area contributed by atoms with Gasteiger partial charge in [0, 0.05) is 18.2 Å². The van der Waals surface area contributed by atoms with Gasteiger partial charge in [-0.2, -0.15) is 0 Å². The Hall–Kier alpha value is -2.20. The Morgan fingerprint density at radius 2 is 1.48 bits per heavy atom. The molecule has 4 nitrogen and oxygen atoms in total. The summed E-state index contributed by atoms with van der Waals surface area (Å²) in [5.74, 6) is 2.42. The van der Waals surface area contributed by atoms with E-state index in [1.54, 1.807) is 21.3 Å². The summed E-state index contributed by atoms with van der Waals surface area (Å²) in [4.78, 5) is 0. The van der Waals surface area contributed by atoms with Gasteiger partial charge >= 0.3 is 0 Å². The van der Waals surface area contributed by atoms with E-state index < -0.39 is 0 Å². The molecule has 0 aliphatic rings. The first-order valence-electron chi connectivity index (χ1n) is 6.76. The molecule has 2 aromatic rings. The van der Waals surface area contributed by atoms with Gasteiger partial charge in [0.05, 0.1) is 21.3 Å². The van der Waals surface area contributed by atoms with Crippen molar-refractivity contribution in [2.45, 2.75) is 6.54 Å². The van der Waals surface area contributed by atoms with E-state index in [0.717, 1.165) is 40.5 Å². The highest BCUT2D eigenvalue weighted by Gasteiger charge is 2.08. The monoisotopic (exact) mass is 287 g/mol. The number of nitrogens with one attached hydrogen (secondary N) is 1. The van der Waals surface area contributed by atoms with Crippen molar-refractivity contribution in [3.05, 3.63) is 42.0 Å². The van der Waals surface area contributed by atoms with E-state index in [1.165, 1.54) is 0 Å².